The molecule has 1 aliphatic heterocycles. The first-order valence-electron chi connectivity index (χ1n) is 10.9. The molecule has 1 aromatic carbocycles. The summed E-state index contributed by atoms with van der Waals surface area (Å²) >= 11 is 6.00. The molecule has 0 unspecified atom stereocenters. The minimum atomic E-state index is -4.63. The fourth-order valence-corrected chi connectivity index (χ4v) is 4.48. The van der Waals surface area contributed by atoms with E-state index in [4.69, 9.17) is 16.0 Å². The molecule has 8 nitrogen and oxygen atoms in total. The van der Waals surface area contributed by atoms with Gasteiger partial charge < -0.3 is 14.6 Å². The second-order valence-electron chi connectivity index (χ2n) is 8.56. The number of rotatable bonds is 5. The van der Waals surface area contributed by atoms with Gasteiger partial charge in [0.25, 0.3) is 0 Å². The van der Waals surface area contributed by atoms with E-state index in [-0.39, 0.29) is 30.6 Å². The second kappa shape index (κ2) is 9.03. The Morgan fingerprint density at radius 3 is 2.65 bits per heavy atom. The van der Waals surface area contributed by atoms with Crippen LogP contribution in [0.5, 0.6) is 0 Å². The lowest BCUT2D eigenvalue weighted by atomic mass is 9.82. The number of alkyl halides is 3. The van der Waals surface area contributed by atoms with Crippen LogP contribution in [0.3, 0.4) is 0 Å². The topological polar surface area (TPSA) is 93.4 Å². The summed E-state index contributed by atoms with van der Waals surface area (Å²) in [5.41, 5.74) is 0.743. The van der Waals surface area contributed by atoms with E-state index >= 15 is 0 Å². The molecule has 0 spiro atoms. The number of ether oxygens (including phenoxy) is 1. The fourth-order valence-electron chi connectivity index (χ4n) is 4.30. The third kappa shape index (κ3) is 5.10. The van der Waals surface area contributed by atoms with Crippen LogP contribution < -0.4 is 10.2 Å². The summed E-state index contributed by atoms with van der Waals surface area (Å²) in [5, 5.41) is 12.4. The van der Waals surface area contributed by atoms with E-state index in [0.29, 0.717) is 48.7 Å². The van der Waals surface area contributed by atoms with E-state index in [2.05, 4.69) is 25.2 Å². The van der Waals surface area contributed by atoms with Crippen molar-refractivity contribution in [2.75, 3.05) is 23.3 Å². The summed E-state index contributed by atoms with van der Waals surface area (Å²) < 4.78 is 46.5. The highest BCUT2D eigenvalue weighted by Crippen LogP contribution is 2.41. The number of hydrogen-bond donors (Lipinski definition) is 1. The predicted octanol–water partition coefficient (Wildman–Crippen LogP) is 4.91. The predicted molar refractivity (Wildman–Crippen MR) is 118 cm³/mol. The van der Waals surface area contributed by atoms with Gasteiger partial charge in [0, 0.05) is 35.3 Å². The van der Waals surface area contributed by atoms with Crippen LogP contribution in [0, 0.1) is 5.92 Å². The molecule has 12 heteroatoms. The van der Waals surface area contributed by atoms with Crippen LogP contribution in [0.15, 0.2) is 34.7 Å². The molecule has 3 heterocycles. The number of carbonyl (C=O) groups is 1. The van der Waals surface area contributed by atoms with E-state index in [0.717, 1.165) is 10.9 Å². The van der Waals surface area contributed by atoms with E-state index in [1.807, 2.05) is 17.0 Å². The zero-order valence-corrected chi connectivity index (χ0v) is 18.6. The molecular weight excluding hydrogens is 475 g/mol. The Balaban J connectivity index is 1.12. The van der Waals surface area contributed by atoms with Crippen molar-refractivity contribution in [1.82, 2.24) is 15.2 Å². The van der Waals surface area contributed by atoms with Gasteiger partial charge in [-0.3, -0.25) is 9.53 Å². The van der Waals surface area contributed by atoms with Gasteiger partial charge in [-0.25, -0.2) is 4.98 Å². The van der Waals surface area contributed by atoms with Crippen LogP contribution in [0.25, 0.3) is 10.9 Å². The highest BCUT2D eigenvalue weighted by molar-refractivity contribution is 6.31. The number of carbonyl (C=O) groups excluding carboxylic acids is 1. The van der Waals surface area contributed by atoms with E-state index < -0.39 is 12.5 Å². The Hall–Kier alpha value is -2.92. The highest BCUT2D eigenvalue weighted by Gasteiger charge is 2.42. The summed E-state index contributed by atoms with van der Waals surface area (Å²) in [6.07, 6.45) is -3.93. The van der Waals surface area contributed by atoms with Gasteiger partial charge in [0.2, 0.25) is 11.8 Å². The quantitative estimate of drug-likeness (QED) is 0.537. The number of amides is 1. The average molecular weight is 496 g/mol. The zero-order valence-electron chi connectivity index (χ0n) is 17.9. The third-order valence-electron chi connectivity index (χ3n) is 6.21. The zero-order chi connectivity index (χ0) is 23.9. The third-order valence-corrected chi connectivity index (χ3v) is 6.45. The maximum Gasteiger partial charge on any atom is 0.522 e. The van der Waals surface area contributed by atoms with E-state index in [9.17, 15) is 18.0 Å². The molecule has 2 aliphatic rings. The van der Waals surface area contributed by atoms with Crippen LogP contribution in [-0.4, -0.2) is 46.6 Å². The monoisotopic (exact) mass is 495 g/mol. The first-order chi connectivity index (χ1) is 16.2. The molecule has 0 radical (unpaired) electrons. The van der Waals surface area contributed by atoms with Crippen molar-refractivity contribution in [2.45, 2.75) is 44.1 Å². The molecule has 1 amide bonds. The summed E-state index contributed by atoms with van der Waals surface area (Å²) in [7, 11) is 0. The number of pyridine rings is 1. The van der Waals surface area contributed by atoms with Gasteiger partial charge in [-0.05, 0) is 56.0 Å². The number of fused-ring (bicyclic) bond motifs is 1. The maximum absolute atomic E-state index is 12.7. The molecule has 3 aromatic rings. The van der Waals surface area contributed by atoms with Gasteiger partial charge >= 0.3 is 12.4 Å². The molecule has 1 saturated carbocycles. The number of hydrogen-bond acceptors (Lipinski definition) is 7. The Labute approximate surface area is 197 Å². The molecule has 2 aromatic heterocycles. The van der Waals surface area contributed by atoms with E-state index in [1.165, 1.54) is 0 Å². The van der Waals surface area contributed by atoms with Crippen LogP contribution in [0.1, 0.15) is 37.5 Å². The summed E-state index contributed by atoms with van der Waals surface area (Å²) in [5.74, 6) is 0.283. The van der Waals surface area contributed by atoms with Crippen molar-refractivity contribution in [3.05, 3.63) is 41.2 Å². The number of piperidine rings is 1. The average Bonchev–Trinajstić information content (AvgIpc) is 3.25. The lowest BCUT2D eigenvalue weighted by Crippen LogP contribution is -2.38. The smallest absolute Gasteiger partial charge is 0.408 e. The fraction of sp³-hybridized carbons (Fsp3) is 0.455. The molecule has 1 saturated heterocycles. The molecule has 180 valence electrons. The summed E-state index contributed by atoms with van der Waals surface area (Å²) in [6, 6.07) is 9.30. The summed E-state index contributed by atoms with van der Waals surface area (Å²) in [4.78, 5) is 19.1. The van der Waals surface area contributed by atoms with Gasteiger partial charge in [0.15, 0.2) is 0 Å². The van der Waals surface area contributed by atoms with Crippen LogP contribution in [-0.2, 0) is 9.53 Å². The van der Waals surface area contributed by atoms with E-state index in [1.54, 1.807) is 18.2 Å². The molecule has 2 fully saturated rings. The lowest BCUT2D eigenvalue weighted by Gasteiger charge is -2.33. The highest BCUT2D eigenvalue weighted by atomic mass is 35.5. The normalized spacial score (nSPS) is 21.5. The second-order valence-corrected chi connectivity index (χ2v) is 9.00. The van der Waals surface area contributed by atoms with Crippen molar-refractivity contribution in [1.29, 1.82) is 0 Å². The Bertz CT molecular complexity index is 1190. The van der Waals surface area contributed by atoms with Crippen molar-refractivity contribution in [3.8, 4) is 0 Å². The van der Waals surface area contributed by atoms with Crippen molar-refractivity contribution >= 4 is 40.2 Å². The number of nitrogens with one attached hydrogen (secondary N) is 1. The number of nitrogens with zero attached hydrogens (tertiary/aromatic N) is 4. The van der Waals surface area contributed by atoms with Crippen molar-refractivity contribution in [3.63, 3.8) is 0 Å². The minimum absolute atomic E-state index is 0.100. The molecule has 1 N–H and O–H groups in total. The van der Waals surface area contributed by atoms with Gasteiger partial charge in [0.1, 0.15) is 5.82 Å². The molecule has 34 heavy (non-hydrogen) atoms. The van der Waals surface area contributed by atoms with Crippen LogP contribution in [0.2, 0.25) is 5.02 Å². The van der Waals surface area contributed by atoms with Crippen molar-refractivity contribution in [2.24, 2.45) is 5.92 Å². The van der Waals surface area contributed by atoms with Crippen LogP contribution >= 0.6 is 11.6 Å². The van der Waals surface area contributed by atoms with Gasteiger partial charge in [-0.15, -0.1) is 18.3 Å². The first kappa shape index (κ1) is 22.9. The Morgan fingerprint density at radius 2 is 1.91 bits per heavy atom. The van der Waals surface area contributed by atoms with Gasteiger partial charge in [0.05, 0.1) is 11.6 Å². The summed E-state index contributed by atoms with van der Waals surface area (Å²) in [6.45, 7) is 1.10. The van der Waals surface area contributed by atoms with Gasteiger partial charge in [-0.1, -0.05) is 16.7 Å². The maximum atomic E-state index is 12.7. The Morgan fingerprint density at radius 1 is 1.15 bits per heavy atom. The van der Waals surface area contributed by atoms with Crippen LogP contribution in [0.4, 0.5) is 25.0 Å². The number of anilines is 2. The molecule has 5 rings (SSSR count). The van der Waals surface area contributed by atoms with Crippen molar-refractivity contribution < 1.29 is 27.1 Å². The Kier molecular flexibility index (Phi) is 6.07. The minimum Gasteiger partial charge on any atom is -0.408 e. The first-order valence-corrected chi connectivity index (χ1v) is 11.3. The largest absolute Gasteiger partial charge is 0.522 e. The molecule has 0 bridgehead atoms. The standard InChI is InChI=1S/C22H21ClF3N5O3/c23-15-2-3-17-13(9-15)1-4-18(27-17)28-19(32)12-5-7-31(8-6-12)21-30-29-20(33-21)14-10-16(11-14)34-22(24,25)26/h1-4,9,12,14,16H,5-8,10-11H2,(H,27,28,32). The number of halogens is 4. The molecule has 0 atom stereocenters. The SMILES string of the molecule is O=C(Nc1ccc2cc(Cl)ccc2n1)C1CCN(c2nnc(C3CC(OC(F)(F)F)C3)o2)CC1. The number of benzene rings is 1. The number of aromatic nitrogens is 3. The van der Waals surface area contributed by atoms with Gasteiger partial charge in [-0.2, -0.15) is 0 Å². The molecule has 1 aliphatic carbocycles. The lowest BCUT2D eigenvalue weighted by molar-refractivity contribution is -0.352. The molecular formula is C22H21ClF3N5O3.